The summed E-state index contributed by atoms with van der Waals surface area (Å²) in [7, 11) is 4.10. The highest BCUT2D eigenvalue weighted by atomic mass is 79.9. The number of nitrogens with zero attached hydrogens (tertiary/aromatic N) is 4. The number of rotatable bonds is 5. The summed E-state index contributed by atoms with van der Waals surface area (Å²) in [6.45, 7) is 1.94. The van der Waals surface area contributed by atoms with E-state index in [1.54, 1.807) is 18.0 Å². The van der Waals surface area contributed by atoms with E-state index >= 15 is 0 Å². The first-order valence-corrected chi connectivity index (χ1v) is 9.66. The molecule has 0 radical (unpaired) electrons. The lowest BCUT2D eigenvalue weighted by atomic mass is 10.3. The average Bonchev–Trinajstić information content (AvgIpc) is 3.18. The number of aromatic nitrogens is 3. The van der Waals surface area contributed by atoms with E-state index in [0.717, 1.165) is 50.1 Å². The first kappa shape index (κ1) is 17.4. The second kappa shape index (κ2) is 6.98. The van der Waals surface area contributed by atoms with Crippen molar-refractivity contribution in [2.75, 3.05) is 33.2 Å². The molecule has 1 aliphatic heterocycles. The van der Waals surface area contributed by atoms with Crippen molar-refractivity contribution >= 4 is 44.5 Å². The molecule has 9 heteroatoms. The molecule has 3 aromatic rings. The number of nitrogen functional groups attached to an aromatic ring is 1. The van der Waals surface area contributed by atoms with E-state index in [1.807, 2.05) is 18.2 Å². The van der Waals surface area contributed by atoms with E-state index in [2.05, 4.69) is 44.5 Å². The number of hydrogen-bond donors (Lipinski definition) is 1. The van der Waals surface area contributed by atoms with Crippen LogP contribution in [0, 0.1) is 0 Å². The van der Waals surface area contributed by atoms with E-state index in [4.69, 9.17) is 20.2 Å². The van der Waals surface area contributed by atoms with Crippen LogP contribution in [0.25, 0.3) is 11.0 Å². The lowest BCUT2D eigenvalue weighted by Crippen LogP contribution is -2.18. The molecule has 1 aliphatic rings. The summed E-state index contributed by atoms with van der Waals surface area (Å²) in [5.41, 5.74) is 7.75. The summed E-state index contributed by atoms with van der Waals surface area (Å²) >= 11 is 5.17. The Balaban J connectivity index is 1.76. The Kier molecular flexibility index (Phi) is 4.68. The molecule has 7 nitrogen and oxygen atoms in total. The molecular formula is C17H18BrN5O2S. The molecule has 2 aromatic heterocycles. The second-order valence-corrected chi connectivity index (χ2v) is 8.01. The van der Waals surface area contributed by atoms with E-state index < -0.39 is 0 Å². The molecule has 0 bridgehead atoms. The molecule has 0 aliphatic carbocycles. The Morgan fingerprint density at radius 1 is 1.31 bits per heavy atom. The Bertz CT molecular complexity index is 975. The van der Waals surface area contributed by atoms with Crippen molar-refractivity contribution in [1.29, 1.82) is 0 Å². The quantitative estimate of drug-likeness (QED) is 0.658. The van der Waals surface area contributed by atoms with E-state index in [9.17, 15) is 0 Å². The number of halogens is 1. The zero-order chi connectivity index (χ0) is 18.3. The van der Waals surface area contributed by atoms with Gasteiger partial charge >= 0.3 is 0 Å². The summed E-state index contributed by atoms with van der Waals surface area (Å²) in [5, 5.41) is 0.862. The fraction of sp³-hybridized carbons (Fsp3) is 0.294. The number of benzene rings is 1. The van der Waals surface area contributed by atoms with Crippen LogP contribution in [-0.4, -0.2) is 46.9 Å². The summed E-state index contributed by atoms with van der Waals surface area (Å²) in [4.78, 5) is 12.1. The van der Waals surface area contributed by atoms with Gasteiger partial charge < -0.3 is 24.7 Å². The zero-order valence-corrected chi connectivity index (χ0v) is 16.8. The molecule has 0 saturated carbocycles. The minimum Gasteiger partial charge on any atom is -0.454 e. The van der Waals surface area contributed by atoms with Crippen LogP contribution in [0.15, 0.2) is 38.9 Å². The van der Waals surface area contributed by atoms with Crippen LogP contribution < -0.4 is 15.2 Å². The van der Waals surface area contributed by atoms with Crippen LogP contribution in [0.5, 0.6) is 11.5 Å². The molecular weight excluding hydrogens is 418 g/mol. The topological polar surface area (TPSA) is 78.4 Å². The molecule has 0 spiro atoms. The van der Waals surface area contributed by atoms with Gasteiger partial charge in [0.15, 0.2) is 22.5 Å². The monoisotopic (exact) mass is 435 g/mol. The fourth-order valence-electron chi connectivity index (χ4n) is 2.72. The van der Waals surface area contributed by atoms with E-state index in [1.165, 1.54) is 0 Å². The predicted octanol–water partition coefficient (Wildman–Crippen LogP) is 3.22. The van der Waals surface area contributed by atoms with Crippen molar-refractivity contribution < 1.29 is 9.47 Å². The second-order valence-electron chi connectivity index (χ2n) is 6.15. The maximum atomic E-state index is 6.04. The number of anilines is 1. The lowest BCUT2D eigenvalue weighted by molar-refractivity contribution is 0.174. The third-order valence-corrected chi connectivity index (χ3v) is 6.03. The first-order valence-electron chi connectivity index (χ1n) is 8.05. The Labute approximate surface area is 163 Å². The van der Waals surface area contributed by atoms with Gasteiger partial charge in [0.25, 0.3) is 0 Å². The molecule has 3 heterocycles. The van der Waals surface area contributed by atoms with Crippen LogP contribution in [0.4, 0.5) is 5.82 Å². The largest absolute Gasteiger partial charge is 0.454 e. The summed E-state index contributed by atoms with van der Waals surface area (Å²) in [6.07, 6.45) is 1.72. The minimum absolute atomic E-state index is 0.249. The average molecular weight is 436 g/mol. The van der Waals surface area contributed by atoms with Gasteiger partial charge in [-0.15, -0.1) is 0 Å². The number of pyridine rings is 1. The molecule has 136 valence electrons. The third-order valence-electron chi connectivity index (χ3n) is 4.06. The fourth-order valence-corrected chi connectivity index (χ4v) is 4.24. The van der Waals surface area contributed by atoms with Crippen LogP contribution in [0.2, 0.25) is 0 Å². The van der Waals surface area contributed by atoms with Gasteiger partial charge in [-0.05, 0) is 48.2 Å². The van der Waals surface area contributed by atoms with Crippen molar-refractivity contribution in [2.45, 2.75) is 16.6 Å². The number of imidazole rings is 1. The predicted molar refractivity (Wildman–Crippen MR) is 105 cm³/mol. The lowest BCUT2D eigenvalue weighted by Gasteiger charge is -2.13. The van der Waals surface area contributed by atoms with Gasteiger partial charge in [-0.3, -0.25) is 0 Å². The summed E-state index contributed by atoms with van der Waals surface area (Å²) in [6, 6.07) is 5.84. The summed E-state index contributed by atoms with van der Waals surface area (Å²) < 4.78 is 14.0. The van der Waals surface area contributed by atoms with E-state index in [-0.39, 0.29) is 6.79 Å². The van der Waals surface area contributed by atoms with Crippen LogP contribution >= 0.6 is 27.7 Å². The molecule has 0 amide bonds. The molecule has 0 atom stereocenters. The number of ether oxygens (including phenoxy) is 2. The number of hydrogen-bond acceptors (Lipinski definition) is 7. The minimum atomic E-state index is 0.249. The molecule has 4 rings (SSSR count). The van der Waals surface area contributed by atoms with Crippen LogP contribution in [-0.2, 0) is 6.54 Å². The number of nitrogens with two attached hydrogens (primary N) is 1. The van der Waals surface area contributed by atoms with Gasteiger partial charge in [0.2, 0.25) is 6.79 Å². The SMILES string of the molecule is CN(C)CCn1c(Sc2cc3c(cc2Br)OCO3)nc2c(N)nccc21. The van der Waals surface area contributed by atoms with E-state index in [0.29, 0.717) is 5.82 Å². The zero-order valence-electron chi connectivity index (χ0n) is 14.4. The van der Waals surface area contributed by atoms with Crippen molar-refractivity contribution in [2.24, 2.45) is 0 Å². The molecule has 1 aromatic carbocycles. The molecule has 0 unspecified atom stereocenters. The van der Waals surface area contributed by atoms with Gasteiger partial charge in [-0.25, -0.2) is 9.97 Å². The van der Waals surface area contributed by atoms with Gasteiger partial charge in [-0.2, -0.15) is 0 Å². The Morgan fingerprint density at radius 2 is 2.08 bits per heavy atom. The van der Waals surface area contributed by atoms with Crippen LogP contribution in [0.1, 0.15) is 0 Å². The molecule has 0 saturated heterocycles. The standard InChI is InChI=1S/C17H18BrN5O2S/c1-22(2)5-6-23-11-3-4-20-16(19)15(11)21-17(23)26-14-8-13-12(7-10(14)18)24-9-25-13/h3-4,7-8H,5-6,9H2,1-2H3,(H2,19,20). The Morgan fingerprint density at radius 3 is 2.85 bits per heavy atom. The number of fused-ring (bicyclic) bond motifs is 2. The van der Waals surface area contributed by atoms with Crippen molar-refractivity contribution in [3.63, 3.8) is 0 Å². The highest BCUT2D eigenvalue weighted by molar-refractivity contribution is 9.10. The maximum absolute atomic E-state index is 6.04. The van der Waals surface area contributed by atoms with Gasteiger partial charge in [0, 0.05) is 28.7 Å². The van der Waals surface area contributed by atoms with Gasteiger partial charge in [0.1, 0.15) is 5.52 Å². The first-order chi connectivity index (χ1) is 12.5. The van der Waals surface area contributed by atoms with Crippen molar-refractivity contribution in [3.8, 4) is 11.5 Å². The maximum Gasteiger partial charge on any atom is 0.231 e. The van der Waals surface area contributed by atoms with Crippen LogP contribution in [0.3, 0.4) is 0 Å². The smallest absolute Gasteiger partial charge is 0.231 e. The third kappa shape index (κ3) is 3.22. The summed E-state index contributed by atoms with van der Waals surface area (Å²) in [5.74, 6) is 1.93. The molecule has 0 fully saturated rings. The van der Waals surface area contributed by atoms with Crippen molar-refractivity contribution in [3.05, 3.63) is 28.9 Å². The highest BCUT2D eigenvalue weighted by Crippen LogP contribution is 2.43. The van der Waals surface area contributed by atoms with Gasteiger partial charge in [0.05, 0.1) is 5.52 Å². The molecule has 2 N–H and O–H groups in total. The number of likely N-dealkylation sites (N-methyl/N-ethyl adjacent to an activating group) is 1. The van der Waals surface area contributed by atoms with Gasteiger partial charge in [-0.1, -0.05) is 11.8 Å². The Hall–Kier alpha value is -1.97. The van der Waals surface area contributed by atoms with Crippen molar-refractivity contribution in [1.82, 2.24) is 19.4 Å². The molecule has 26 heavy (non-hydrogen) atoms. The highest BCUT2D eigenvalue weighted by Gasteiger charge is 2.20. The normalized spacial score (nSPS) is 13.1.